The highest BCUT2D eigenvalue weighted by Gasteiger charge is 2.19. The van der Waals surface area contributed by atoms with Crippen LogP contribution in [0.15, 0.2) is 30.5 Å². The lowest BCUT2D eigenvalue weighted by molar-refractivity contribution is -0.134. The summed E-state index contributed by atoms with van der Waals surface area (Å²) in [6.07, 6.45) is 2.96. The van der Waals surface area contributed by atoms with Gasteiger partial charge < -0.3 is 25.5 Å². The number of nitrogens with one attached hydrogen (secondary N) is 1. The number of piperazine rings is 1. The summed E-state index contributed by atoms with van der Waals surface area (Å²) in [5, 5.41) is 27.9. The van der Waals surface area contributed by atoms with Gasteiger partial charge in [-0.3, -0.25) is 4.90 Å². The summed E-state index contributed by atoms with van der Waals surface area (Å²) in [5.74, 6) is -1.47. The number of aliphatic hydroxyl groups is 1. The molecule has 4 N–H and O–H groups in total. The van der Waals surface area contributed by atoms with Crippen molar-refractivity contribution in [3.8, 4) is 0 Å². The number of hydrogen-bond acceptors (Lipinski definition) is 7. The minimum absolute atomic E-state index is 0.242. The van der Waals surface area contributed by atoms with Crippen molar-refractivity contribution in [2.24, 2.45) is 0 Å². The normalized spacial score (nSPS) is 14.6. The van der Waals surface area contributed by atoms with E-state index in [1.54, 1.807) is 0 Å². The average molecular weight is 366 g/mol. The zero-order valence-electron chi connectivity index (χ0n) is 14.8. The van der Waals surface area contributed by atoms with E-state index in [2.05, 4.69) is 33.1 Å². The molecule has 0 bridgehead atoms. The molecule has 1 aliphatic heterocycles. The minimum atomic E-state index is -1.26. The largest absolute Gasteiger partial charge is 0.478 e. The maximum atomic E-state index is 9.55. The second kappa shape index (κ2) is 11.8. The zero-order chi connectivity index (χ0) is 19.4. The Balaban J connectivity index is 0.000000359. The summed E-state index contributed by atoms with van der Waals surface area (Å²) in [4.78, 5) is 28.2. The molecule has 0 spiro atoms. The standard InChI is InChI=1S/C13H22N4O.C4H4O4/c1-2-14-12-4-3-5-15-13(12)17-8-6-16(7-9-17)10-11-18;5-3(6)1-2-4(7)8/h3-5,14,18H,2,6-11H2,1H3;1-2H,(H,5,6)(H,7,8)/b;2-1+. The summed E-state index contributed by atoms with van der Waals surface area (Å²) in [5.41, 5.74) is 1.11. The van der Waals surface area contributed by atoms with Crippen molar-refractivity contribution in [2.45, 2.75) is 6.92 Å². The van der Waals surface area contributed by atoms with Crippen LogP contribution in [-0.2, 0) is 9.59 Å². The zero-order valence-corrected chi connectivity index (χ0v) is 14.8. The predicted molar refractivity (Wildman–Crippen MR) is 98.6 cm³/mol. The Morgan fingerprint density at radius 2 is 1.81 bits per heavy atom. The van der Waals surface area contributed by atoms with Crippen LogP contribution in [0.2, 0.25) is 0 Å². The predicted octanol–water partition coefficient (Wildman–Crippen LogP) is 0.340. The van der Waals surface area contributed by atoms with Gasteiger partial charge in [-0.05, 0) is 19.1 Å². The van der Waals surface area contributed by atoms with Gasteiger partial charge >= 0.3 is 11.9 Å². The van der Waals surface area contributed by atoms with Gasteiger partial charge in [0.05, 0.1) is 12.3 Å². The van der Waals surface area contributed by atoms with Crippen molar-refractivity contribution in [3.63, 3.8) is 0 Å². The van der Waals surface area contributed by atoms with Gasteiger partial charge in [-0.2, -0.15) is 0 Å². The summed E-state index contributed by atoms with van der Waals surface area (Å²) in [7, 11) is 0. The summed E-state index contributed by atoms with van der Waals surface area (Å²) >= 11 is 0. The first kappa shape index (κ1) is 21.4. The molecule has 0 saturated carbocycles. The molecule has 2 heterocycles. The number of aromatic nitrogens is 1. The van der Waals surface area contributed by atoms with Crippen LogP contribution in [0, 0.1) is 0 Å². The van der Waals surface area contributed by atoms with Crippen LogP contribution in [0.1, 0.15) is 6.92 Å². The van der Waals surface area contributed by atoms with E-state index in [9.17, 15) is 9.59 Å². The summed E-state index contributed by atoms with van der Waals surface area (Å²) in [6.45, 7) is 7.93. The van der Waals surface area contributed by atoms with Gasteiger partial charge in [0, 0.05) is 57.6 Å². The number of carboxylic acids is 2. The third kappa shape index (κ3) is 7.95. The fraction of sp³-hybridized carbons (Fsp3) is 0.471. The van der Waals surface area contributed by atoms with Gasteiger partial charge in [0.2, 0.25) is 0 Å². The number of hydrogen-bond donors (Lipinski definition) is 4. The van der Waals surface area contributed by atoms with E-state index in [-0.39, 0.29) is 6.61 Å². The van der Waals surface area contributed by atoms with Gasteiger partial charge in [-0.15, -0.1) is 0 Å². The number of anilines is 2. The van der Waals surface area contributed by atoms with Crippen LogP contribution >= 0.6 is 0 Å². The second-order valence-corrected chi connectivity index (χ2v) is 5.47. The van der Waals surface area contributed by atoms with Gasteiger partial charge in [0.25, 0.3) is 0 Å². The monoisotopic (exact) mass is 366 g/mol. The molecule has 9 nitrogen and oxygen atoms in total. The highest BCUT2D eigenvalue weighted by Crippen LogP contribution is 2.23. The molecule has 0 aromatic carbocycles. The molecule has 0 radical (unpaired) electrons. The highest BCUT2D eigenvalue weighted by atomic mass is 16.4. The van der Waals surface area contributed by atoms with Crippen LogP contribution in [0.25, 0.3) is 0 Å². The molecule has 0 amide bonds. The maximum absolute atomic E-state index is 9.55. The van der Waals surface area contributed by atoms with E-state index in [0.29, 0.717) is 12.2 Å². The molecule has 1 aromatic rings. The number of carbonyl (C=O) groups is 2. The Labute approximate surface area is 152 Å². The SMILES string of the molecule is CCNc1cccnc1N1CCN(CCO)CC1.O=C(O)/C=C/C(=O)O. The van der Waals surface area contributed by atoms with E-state index in [0.717, 1.165) is 50.8 Å². The number of rotatable bonds is 7. The molecule has 0 atom stereocenters. The summed E-state index contributed by atoms with van der Waals surface area (Å²) in [6, 6.07) is 4.04. The van der Waals surface area contributed by atoms with Crippen LogP contribution in [0.3, 0.4) is 0 Å². The molecule has 1 aromatic heterocycles. The number of aliphatic hydroxyl groups excluding tert-OH is 1. The quantitative estimate of drug-likeness (QED) is 0.505. The van der Waals surface area contributed by atoms with Crippen molar-refractivity contribution >= 4 is 23.4 Å². The van der Waals surface area contributed by atoms with Crippen LogP contribution < -0.4 is 10.2 Å². The van der Waals surface area contributed by atoms with Crippen LogP contribution in [0.5, 0.6) is 0 Å². The van der Waals surface area contributed by atoms with Crippen molar-refractivity contribution < 1.29 is 24.9 Å². The first-order chi connectivity index (χ1) is 12.5. The Bertz CT molecular complexity index is 585. The molecular weight excluding hydrogens is 340 g/mol. The topological polar surface area (TPSA) is 126 Å². The van der Waals surface area contributed by atoms with Gasteiger partial charge in [-0.1, -0.05) is 0 Å². The van der Waals surface area contributed by atoms with Crippen molar-refractivity contribution in [1.29, 1.82) is 0 Å². The lowest BCUT2D eigenvalue weighted by atomic mass is 10.2. The molecule has 2 rings (SSSR count). The molecule has 26 heavy (non-hydrogen) atoms. The van der Waals surface area contributed by atoms with Crippen molar-refractivity contribution in [1.82, 2.24) is 9.88 Å². The number of nitrogens with zero attached hydrogens (tertiary/aromatic N) is 3. The highest BCUT2D eigenvalue weighted by molar-refractivity contribution is 5.89. The first-order valence-corrected chi connectivity index (χ1v) is 8.38. The Kier molecular flexibility index (Phi) is 9.73. The third-order valence-corrected chi connectivity index (χ3v) is 3.61. The lowest BCUT2D eigenvalue weighted by Gasteiger charge is -2.35. The van der Waals surface area contributed by atoms with Crippen molar-refractivity contribution in [3.05, 3.63) is 30.5 Å². The van der Waals surface area contributed by atoms with Crippen LogP contribution in [0.4, 0.5) is 11.5 Å². The fourth-order valence-corrected chi connectivity index (χ4v) is 2.44. The van der Waals surface area contributed by atoms with E-state index in [1.807, 2.05) is 12.3 Å². The molecule has 1 fully saturated rings. The molecule has 144 valence electrons. The lowest BCUT2D eigenvalue weighted by Crippen LogP contribution is -2.47. The Morgan fingerprint density at radius 3 is 2.31 bits per heavy atom. The average Bonchev–Trinajstić information content (AvgIpc) is 2.62. The third-order valence-electron chi connectivity index (χ3n) is 3.61. The maximum Gasteiger partial charge on any atom is 0.328 e. The number of β-amino-alcohol motifs (C(OH)–C–C–N with tert-alkyl or cyclic N) is 1. The second-order valence-electron chi connectivity index (χ2n) is 5.47. The number of carboxylic acid groups (broad SMARTS) is 2. The van der Waals surface area contributed by atoms with E-state index in [1.165, 1.54) is 0 Å². The van der Waals surface area contributed by atoms with Gasteiger partial charge in [-0.25, -0.2) is 14.6 Å². The first-order valence-electron chi connectivity index (χ1n) is 8.38. The fourth-order valence-electron chi connectivity index (χ4n) is 2.44. The van der Waals surface area contributed by atoms with Gasteiger partial charge in [0.1, 0.15) is 0 Å². The molecule has 1 saturated heterocycles. The molecule has 0 aliphatic carbocycles. The number of pyridine rings is 1. The Hall–Kier alpha value is -2.65. The van der Waals surface area contributed by atoms with Gasteiger partial charge in [0.15, 0.2) is 5.82 Å². The van der Waals surface area contributed by atoms with E-state index < -0.39 is 11.9 Å². The summed E-state index contributed by atoms with van der Waals surface area (Å²) < 4.78 is 0. The van der Waals surface area contributed by atoms with Crippen LogP contribution in [-0.4, -0.2) is 83.0 Å². The molecule has 0 unspecified atom stereocenters. The minimum Gasteiger partial charge on any atom is -0.478 e. The van der Waals surface area contributed by atoms with Crippen molar-refractivity contribution in [2.75, 3.05) is 56.1 Å². The molecular formula is C17H26N4O5. The Morgan fingerprint density at radius 1 is 1.19 bits per heavy atom. The molecule has 1 aliphatic rings. The number of aliphatic carboxylic acids is 2. The van der Waals surface area contributed by atoms with E-state index in [4.69, 9.17) is 15.3 Å². The molecule has 9 heteroatoms. The van der Waals surface area contributed by atoms with E-state index >= 15 is 0 Å². The smallest absolute Gasteiger partial charge is 0.328 e.